The van der Waals surface area contributed by atoms with Crippen molar-refractivity contribution in [1.82, 2.24) is 34.6 Å². The van der Waals surface area contributed by atoms with Crippen LogP contribution in [-0.4, -0.2) is 112 Å². The van der Waals surface area contributed by atoms with Gasteiger partial charge < -0.3 is 45.2 Å². The van der Waals surface area contributed by atoms with Crippen molar-refractivity contribution >= 4 is 74.7 Å². The summed E-state index contributed by atoms with van der Waals surface area (Å²) in [6.45, 7) is 14.8. The molecule has 23 nitrogen and oxygen atoms in total. The first-order valence-electron chi connectivity index (χ1n) is 34.4. The number of hydrogen-bond donors (Lipinski definition) is 5. The van der Waals surface area contributed by atoms with Crippen LogP contribution in [0.15, 0.2) is 58.1 Å². The van der Waals surface area contributed by atoms with Crippen molar-refractivity contribution in [3.63, 3.8) is 0 Å². The van der Waals surface area contributed by atoms with E-state index in [0.29, 0.717) is 79.2 Å². The van der Waals surface area contributed by atoms with E-state index in [1.54, 1.807) is 49.0 Å². The maximum Gasteiger partial charge on any atom is 0.343 e. The van der Waals surface area contributed by atoms with Gasteiger partial charge in [-0.15, -0.1) is 0 Å². The third-order valence-electron chi connectivity index (χ3n) is 21.3. The summed E-state index contributed by atoms with van der Waals surface area (Å²) in [6.07, 6.45) is 10.0. The highest BCUT2D eigenvalue weighted by Crippen LogP contribution is 2.46. The Kier molecular flexibility index (Phi) is 21.2. The average molecular weight is 1370 g/mol. The highest BCUT2D eigenvalue weighted by molar-refractivity contribution is 6.13. The minimum atomic E-state index is -1.91. The molecule has 6 atom stereocenters. The predicted molar refractivity (Wildman–Crippen MR) is 374 cm³/mol. The quantitative estimate of drug-likeness (QED) is 0.0252. The lowest BCUT2D eigenvalue weighted by Crippen LogP contribution is -2.49. The Labute approximate surface area is 580 Å². The molecule has 530 valence electrons. The molecule has 0 spiro atoms. The number of pyridine rings is 4. The number of unbranched alkanes of at least 4 members (excludes halogenated alkanes) is 2. The number of Topliss-reactive ketones (excluding diaryl/α,β-unsaturated/α-hetero) is 3. The van der Waals surface area contributed by atoms with E-state index in [9.17, 15) is 63.0 Å². The molecule has 4 aromatic heterocycles. The van der Waals surface area contributed by atoms with Crippen molar-refractivity contribution in [2.75, 3.05) is 6.54 Å². The molecule has 0 fully saturated rings. The second-order valence-corrected chi connectivity index (χ2v) is 28.0. The topological polar surface area (TPSA) is 336 Å². The van der Waals surface area contributed by atoms with E-state index in [4.69, 9.17) is 25.2 Å². The molecule has 23 heteroatoms. The number of nitrogens with two attached hydrogens (primary N) is 1. The maximum absolute atomic E-state index is 13.8. The van der Waals surface area contributed by atoms with Crippen molar-refractivity contribution in [1.29, 1.82) is 0 Å². The van der Waals surface area contributed by atoms with E-state index < -0.39 is 47.2 Å². The monoisotopic (exact) mass is 1370 g/mol. The van der Waals surface area contributed by atoms with Gasteiger partial charge in [-0.3, -0.25) is 48.1 Å². The second kappa shape index (κ2) is 28.8. The Morgan fingerprint density at radius 3 is 1.45 bits per heavy atom. The van der Waals surface area contributed by atoms with Crippen LogP contribution in [0, 0.1) is 17.8 Å². The number of rotatable bonds is 22. The van der Waals surface area contributed by atoms with E-state index in [0.717, 1.165) is 105 Å². The van der Waals surface area contributed by atoms with Gasteiger partial charge >= 0.3 is 11.9 Å². The summed E-state index contributed by atoms with van der Waals surface area (Å²) in [5, 5.41) is 30.1. The summed E-state index contributed by atoms with van der Waals surface area (Å²) in [7, 11) is 0. The molecule has 7 aliphatic rings. The molecule has 9 heterocycles. The molecule has 0 radical (unpaired) electrons. The number of ether oxygens (including phenoxy) is 2. The van der Waals surface area contributed by atoms with Crippen LogP contribution in [0.3, 0.4) is 0 Å². The molecule has 0 bridgehead atoms. The number of benzene rings is 2. The van der Waals surface area contributed by atoms with Gasteiger partial charge in [-0.05, 0) is 148 Å². The van der Waals surface area contributed by atoms with Crippen LogP contribution in [-0.2, 0) is 129 Å². The highest BCUT2D eigenvalue weighted by atomic mass is 16.6. The zero-order chi connectivity index (χ0) is 70.1. The molecular formula is C77H92N8O15. The first-order chi connectivity index (χ1) is 46.7. The number of fused-ring (bicyclic) bond motifs is 10. The van der Waals surface area contributed by atoms with Gasteiger partial charge in [0.25, 0.3) is 22.9 Å². The van der Waals surface area contributed by atoms with Gasteiger partial charge in [0.2, 0.25) is 11.8 Å². The highest BCUT2D eigenvalue weighted by Gasteiger charge is 2.48. The number of aryl methyl sites for hydroxylation is 4. The number of hydrogen-bond acceptors (Lipinski definition) is 18. The number of carbonyl (C=O) groups excluding carboxylic acids is 9. The molecule has 2 aromatic carbocycles. The largest absolute Gasteiger partial charge is 0.458 e. The normalized spacial score (nSPS) is 19.1. The van der Waals surface area contributed by atoms with E-state index in [-0.39, 0.29) is 135 Å². The number of amides is 4. The Bertz CT molecular complexity index is 4580. The first kappa shape index (κ1) is 73.5. The molecule has 6 N–H and O–H groups in total. The van der Waals surface area contributed by atoms with Crippen molar-refractivity contribution in [2.45, 2.75) is 222 Å². The van der Waals surface area contributed by atoms with Crippen LogP contribution in [0.2, 0.25) is 0 Å². The summed E-state index contributed by atoms with van der Waals surface area (Å²) in [5.41, 5.74) is 14.7. The molecule has 6 aromatic rings. The lowest BCUT2D eigenvalue weighted by Gasteiger charge is -2.31. The van der Waals surface area contributed by atoms with E-state index in [1.807, 2.05) is 52.0 Å². The van der Waals surface area contributed by atoms with Gasteiger partial charge in [0.1, 0.15) is 19.0 Å². The second-order valence-electron chi connectivity index (χ2n) is 28.0. The molecule has 0 saturated heterocycles. The lowest BCUT2D eigenvalue weighted by molar-refractivity contribution is -0.172. The molecular weight excluding hydrogens is 1280 g/mol. The van der Waals surface area contributed by atoms with Gasteiger partial charge in [-0.1, -0.05) is 74.9 Å². The molecule has 13 rings (SSSR count). The fraction of sp³-hybridized carbons (Fsp3) is 0.494. The Morgan fingerprint density at radius 1 is 0.580 bits per heavy atom. The predicted octanol–water partition coefficient (Wildman–Crippen LogP) is 7.34. The average Bonchev–Trinajstić information content (AvgIpc) is 1.53. The van der Waals surface area contributed by atoms with Crippen molar-refractivity contribution in [3.05, 3.63) is 136 Å². The Hall–Kier alpha value is -9.19. The number of cyclic esters (lactones) is 2. The smallest absolute Gasteiger partial charge is 0.343 e. The summed E-state index contributed by atoms with van der Waals surface area (Å²) >= 11 is 0. The third kappa shape index (κ3) is 13.0. The summed E-state index contributed by atoms with van der Waals surface area (Å²) in [5.74, 6) is -3.86. The van der Waals surface area contributed by atoms with E-state index >= 15 is 0 Å². The zero-order valence-corrected chi connectivity index (χ0v) is 56.7. The number of ketones is 3. The number of esters is 2. The minimum absolute atomic E-state index is 0. The standard InChI is InChI=1S/C43H48N4O9.C32H36N4O6.2CH4/c1-5-43(55)32-20-34-39-30(21-47(34)41(53)31(32)22-56-42(43)54)28-12-9-11-27-25(13-14-33(45-39)38(27)28)18-35(49)24(4)44-40(52)29(23(2)3)19-26(48)10-7-6-8-17-46-36(50)15-16-37(46)51;1-5-32(41)22-12-24-28-20(13-36(24)30(39)21(22)14-42-31(32)40)19-8-6-7-18-17(9-10-23(35-28)26(18)19)11-25(37)16(4)34-29(38)27(33)15(2)3;;/h13-16,20,23-24,29,55H,5-12,17-19,21-22H2,1-4H3,(H,44,52);9-10,12,15-16,27,41H,5-8,11,13-14,33H2,1-4H3,(H,34,38);2*1H4/t24-,29-,43-;16-,27-,32-;;/m00../s1. The zero-order valence-electron chi connectivity index (χ0n) is 56.7. The SMILES string of the molecule is C.C.CC[C@@]1(O)C(=O)OCc2c1cc1n(c2=O)Cc2c-1nc1ccc(CC(=O)[C@H](C)NC(=O)[C@@H](CC(=O)CCCCCN3C(=O)C=CC3=O)C(C)C)c3c1c2CCC3.CC[C@@]1(O)C(=O)OCc2c1cc1n(c2=O)Cc2c-1nc1ccc(CC(=O)[C@H](C)NC(=O)[C@@H](N)C(C)C)c3c1c2CCC3. The van der Waals surface area contributed by atoms with Crippen molar-refractivity contribution in [2.24, 2.45) is 23.5 Å². The van der Waals surface area contributed by atoms with Crippen LogP contribution < -0.4 is 27.5 Å². The third-order valence-corrected chi connectivity index (χ3v) is 21.3. The number of nitrogens with one attached hydrogen (secondary N) is 2. The van der Waals surface area contributed by atoms with Crippen LogP contribution in [0.5, 0.6) is 0 Å². The number of imide groups is 1. The molecule has 5 aliphatic heterocycles. The molecule has 0 saturated carbocycles. The number of carbonyl (C=O) groups is 9. The number of aromatic nitrogens is 4. The van der Waals surface area contributed by atoms with Gasteiger partial charge in [0, 0.05) is 83.3 Å². The lowest BCUT2D eigenvalue weighted by atomic mass is 9.83. The minimum Gasteiger partial charge on any atom is -0.458 e. The van der Waals surface area contributed by atoms with Gasteiger partial charge in [-0.25, -0.2) is 19.6 Å². The first-order valence-corrected chi connectivity index (χ1v) is 34.4. The van der Waals surface area contributed by atoms with Crippen LogP contribution >= 0.6 is 0 Å². The maximum atomic E-state index is 13.8. The number of aliphatic hydroxyl groups is 2. The van der Waals surface area contributed by atoms with E-state index in [1.165, 1.54) is 17.1 Å². The van der Waals surface area contributed by atoms with Crippen LogP contribution in [0.4, 0.5) is 0 Å². The molecule has 0 unspecified atom stereocenters. The van der Waals surface area contributed by atoms with E-state index in [2.05, 4.69) is 10.6 Å². The number of nitrogens with zero attached hydrogens (tertiary/aromatic N) is 5. The van der Waals surface area contributed by atoms with Gasteiger partial charge in [0.05, 0.1) is 76.2 Å². The fourth-order valence-electron chi connectivity index (χ4n) is 15.3. The van der Waals surface area contributed by atoms with Crippen molar-refractivity contribution in [3.8, 4) is 22.8 Å². The molecule has 4 amide bonds. The van der Waals surface area contributed by atoms with Crippen molar-refractivity contribution < 1.29 is 62.8 Å². The summed E-state index contributed by atoms with van der Waals surface area (Å²) in [6, 6.07) is 8.96. The summed E-state index contributed by atoms with van der Waals surface area (Å²) < 4.78 is 13.7. The fourth-order valence-corrected chi connectivity index (χ4v) is 15.3. The Morgan fingerprint density at radius 2 is 1.02 bits per heavy atom. The van der Waals surface area contributed by atoms with Crippen LogP contribution in [0.1, 0.15) is 195 Å². The molecule has 2 aliphatic carbocycles. The Balaban J connectivity index is 0.000000220. The molecule has 100 heavy (non-hydrogen) atoms. The van der Waals surface area contributed by atoms with Gasteiger partial charge in [0.15, 0.2) is 22.8 Å². The summed E-state index contributed by atoms with van der Waals surface area (Å²) in [4.78, 5) is 153. The van der Waals surface area contributed by atoms with Crippen LogP contribution in [0.25, 0.3) is 44.6 Å². The van der Waals surface area contributed by atoms with Gasteiger partial charge in [-0.2, -0.15) is 0 Å².